The van der Waals surface area contributed by atoms with Crippen LogP contribution in [0.5, 0.6) is 5.75 Å². The standard InChI is InChI=1S/C16H17N3O3/c20-15-6-4-13(18-19-15)16(21)17-8-7-11-3-5-14-12(10-11)2-1-9-22-14/h3-6,10H,1-2,7-9H2,(H,17,21)(H,19,20). The molecule has 114 valence electrons. The van der Waals surface area contributed by atoms with Gasteiger partial charge in [0.05, 0.1) is 6.61 Å². The number of aromatic nitrogens is 2. The number of hydrogen-bond donors (Lipinski definition) is 2. The summed E-state index contributed by atoms with van der Waals surface area (Å²) in [5.41, 5.74) is 2.28. The number of benzene rings is 1. The third-order valence-electron chi connectivity index (χ3n) is 3.58. The second-order valence-corrected chi connectivity index (χ2v) is 5.21. The number of H-pyrrole nitrogens is 1. The van der Waals surface area contributed by atoms with Crippen LogP contribution in [0.25, 0.3) is 0 Å². The number of nitrogens with zero attached hydrogens (tertiary/aromatic N) is 1. The zero-order valence-electron chi connectivity index (χ0n) is 12.1. The highest BCUT2D eigenvalue weighted by Crippen LogP contribution is 2.25. The molecular formula is C16H17N3O3. The average Bonchev–Trinajstić information content (AvgIpc) is 2.55. The molecule has 1 aliphatic rings. The summed E-state index contributed by atoms with van der Waals surface area (Å²) in [5, 5.41) is 8.73. The molecular weight excluding hydrogens is 282 g/mol. The van der Waals surface area contributed by atoms with Crippen LogP contribution < -0.4 is 15.6 Å². The molecule has 0 aliphatic carbocycles. The van der Waals surface area contributed by atoms with E-state index in [1.165, 1.54) is 23.3 Å². The van der Waals surface area contributed by atoms with Crippen LogP contribution in [-0.2, 0) is 12.8 Å². The van der Waals surface area contributed by atoms with E-state index < -0.39 is 0 Å². The Morgan fingerprint density at radius 2 is 2.23 bits per heavy atom. The van der Waals surface area contributed by atoms with Gasteiger partial charge in [-0.3, -0.25) is 9.59 Å². The summed E-state index contributed by atoms with van der Waals surface area (Å²) < 4.78 is 5.58. The fourth-order valence-corrected chi connectivity index (χ4v) is 2.45. The number of carbonyl (C=O) groups is 1. The topological polar surface area (TPSA) is 84.1 Å². The third kappa shape index (κ3) is 3.33. The molecule has 1 aromatic carbocycles. The van der Waals surface area contributed by atoms with Crippen molar-refractivity contribution in [1.82, 2.24) is 15.5 Å². The van der Waals surface area contributed by atoms with E-state index in [1.807, 2.05) is 12.1 Å². The minimum atomic E-state index is -0.326. The molecule has 0 saturated heterocycles. The molecule has 2 heterocycles. The lowest BCUT2D eigenvalue weighted by Gasteiger charge is -2.17. The maximum absolute atomic E-state index is 11.9. The van der Waals surface area contributed by atoms with Crippen molar-refractivity contribution in [3.63, 3.8) is 0 Å². The predicted octanol–water partition coefficient (Wildman–Crippen LogP) is 1.07. The van der Waals surface area contributed by atoms with Gasteiger partial charge in [0, 0.05) is 12.6 Å². The normalized spacial score (nSPS) is 13.1. The zero-order chi connectivity index (χ0) is 15.4. The Labute approximate surface area is 127 Å². The summed E-state index contributed by atoms with van der Waals surface area (Å²) in [6.45, 7) is 1.30. The van der Waals surface area contributed by atoms with Crippen molar-refractivity contribution < 1.29 is 9.53 Å². The number of amides is 1. The number of fused-ring (bicyclic) bond motifs is 1. The Balaban J connectivity index is 1.55. The first kappa shape index (κ1) is 14.3. The maximum atomic E-state index is 11.9. The molecule has 0 fully saturated rings. The van der Waals surface area contributed by atoms with Crippen LogP contribution in [0.4, 0.5) is 0 Å². The highest BCUT2D eigenvalue weighted by atomic mass is 16.5. The minimum absolute atomic E-state index is 0.207. The van der Waals surface area contributed by atoms with Gasteiger partial charge in [-0.1, -0.05) is 12.1 Å². The van der Waals surface area contributed by atoms with Crippen molar-refractivity contribution in [2.45, 2.75) is 19.3 Å². The van der Waals surface area contributed by atoms with Crippen LogP contribution in [-0.4, -0.2) is 29.3 Å². The first-order valence-electron chi connectivity index (χ1n) is 7.31. The van der Waals surface area contributed by atoms with E-state index >= 15 is 0 Å². The van der Waals surface area contributed by atoms with Gasteiger partial charge >= 0.3 is 0 Å². The highest BCUT2D eigenvalue weighted by Gasteiger charge is 2.11. The van der Waals surface area contributed by atoms with E-state index in [9.17, 15) is 9.59 Å². The van der Waals surface area contributed by atoms with E-state index in [1.54, 1.807) is 0 Å². The molecule has 3 rings (SSSR count). The van der Waals surface area contributed by atoms with Gasteiger partial charge in [-0.25, -0.2) is 5.10 Å². The SMILES string of the molecule is O=C(NCCc1ccc2c(c1)CCCO2)c1ccc(=O)[nH]n1. The lowest BCUT2D eigenvalue weighted by Crippen LogP contribution is -2.27. The quantitative estimate of drug-likeness (QED) is 0.884. The van der Waals surface area contributed by atoms with Gasteiger partial charge in [-0.2, -0.15) is 5.10 Å². The lowest BCUT2D eigenvalue weighted by atomic mass is 10.0. The van der Waals surface area contributed by atoms with Gasteiger partial charge in [0.1, 0.15) is 11.4 Å². The summed E-state index contributed by atoms with van der Waals surface area (Å²) in [5.74, 6) is 0.675. The molecule has 2 N–H and O–H groups in total. The van der Waals surface area contributed by atoms with Crippen molar-refractivity contribution in [1.29, 1.82) is 0 Å². The van der Waals surface area contributed by atoms with Crippen LogP contribution in [0.15, 0.2) is 35.1 Å². The fourth-order valence-electron chi connectivity index (χ4n) is 2.45. The molecule has 0 radical (unpaired) electrons. The summed E-state index contributed by atoms with van der Waals surface area (Å²) in [7, 11) is 0. The van der Waals surface area contributed by atoms with Gasteiger partial charge in [0.25, 0.3) is 11.5 Å². The first-order valence-corrected chi connectivity index (χ1v) is 7.31. The number of aromatic amines is 1. The number of carbonyl (C=O) groups excluding carboxylic acids is 1. The molecule has 22 heavy (non-hydrogen) atoms. The first-order chi connectivity index (χ1) is 10.7. The molecule has 6 nitrogen and oxygen atoms in total. The number of aryl methyl sites for hydroxylation is 1. The summed E-state index contributed by atoms with van der Waals surface area (Å²) in [6.07, 6.45) is 2.82. The van der Waals surface area contributed by atoms with E-state index in [-0.39, 0.29) is 17.2 Å². The van der Waals surface area contributed by atoms with Gasteiger partial charge in [-0.15, -0.1) is 0 Å². The Morgan fingerprint density at radius 1 is 1.32 bits per heavy atom. The number of rotatable bonds is 4. The van der Waals surface area contributed by atoms with Crippen molar-refractivity contribution in [2.24, 2.45) is 0 Å². The molecule has 0 atom stereocenters. The van der Waals surface area contributed by atoms with Gasteiger partial charge in [0.2, 0.25) is 0 Å². The van der Waals surface area contributed by atoms with Crippen LogP contribution in [0.1, 0.15) is 28.0 Å². The fraction of sp³-hybridized carbons (Fsp3) is 0.312. The maximum Gasteiger partial charge on any atom is 0.271 e. The van der Waals surface area contributed by atoms with Crippen molar-refractivity contribution >= 4 is 5.91 Å². The van der Waals surface area contributed by atoms with E-state index in [4.69, 9.17) is 4.74 Å². The van der Waals surface area contributed by atoms with Crippen molar-refractivity contribution in [3.8, 4) is 5.75 Å². The Kier molecular flexibility index (Phi) is 4.18. The Bertz CT molecular complexity index is 719. The number of hydrogen-bond acceptors (Lipinski definition) is 4. The second-order valence-electron chi connectivity index (χ2n) is 5.21. The van der Waals surface area contributed by atoms with Crippen LogP contribution >= 0.6 is 0 Å². The molecule has 0 spiro atoms. The molecule has 0 unspecified atom stereocenters. The van der Waals surface area contributed by atoms with Crippen molar-refractivity contribution in [3.05, 3.63) is 57.5 Å². The summed E-state index contributed by atoms with van der Waals surface area (Å²) >= 11 is 0. The van der Waals surface area contributed by atoms with Gasteiger partial charge < -0.3 is 10.1 Å². The second kappa shape index (κ2) is 6.43. The smallest absolute Gasteiger partial charge is 0.271 e. The lowest BCUT2D eigenvalue weighted by molar-refractivity contribution is 0.0948. The molecule has 6 heteroatoms. The van der Waals surface area contributed by atoms with Crippen LogP contribution in [0.3, 0.4) is 0 Å². The zero-order valence-corrected chi connectivity index (χ0v) is 12.1. The molecule has 1 amide bonds. The molecule has 0 saturated carbocycles. The van der Waals surface area contributed by atoms with Crippen LogP contribution in [0, 0.1) is 0 Å². The Hall–Kier alpha value is -2.63. The van der Waals surface area contributed by atoms with E-state index in [0.717, 1.165) is 31.6 Å². The Morgan fingerprint density at radius 3 is 3.05 bits per heavy atom. The minimum Gasteiger partial charge on any atom is -0.493 e. The summed E-state index contributed by atoms with van der Waals surface area (Å²) in [4.78, 5) is 22.8. The van der Waals surface area contributed by atoms with Gasteiger partial charge in [-0.05, 0) is 42.5 Å². The summed E-state index contributed by atoms with van der Waals surface area (Å²) in [6, 6.07) is 8.85. The van der Waals surface area contributed by atoms with E-state index in [2.05, 4.69) is 21.6 Å². The highest BCUT2D eigenvalue weighted by molar-refractivity contribution is 5.91. The van der Waals surface area contributed by atoms with Crippen LogP contribution in [0.2, 0.25) is 0 Å². The number of ether oxygens (including phenoxy) is 1. The molecule has 1 aromatic heterocycles. The predicted molar refractivity (Wildman–Crippen MR) is 81.2 cm³/mol. The van der Waals surface area contributed by atoms with E-state index in [0.29, 0.717) is 6.54 Å². The monoisotopic (exact) mass is 299 g/mol. The van der Waals surface area contributed by atoms with Crippen molar-refractivity contribution in [2.75, 3.05) is 13.2 Å². The van der Waals surface area contributed by atoms with Gasteiger partial charge in [0.15, 0.2) is 0 Å². The number of nitrogens with one attached hydrogen (secondary N) is 2. The third-order valence-corrected chi connectivity index (χ3v) is 3.58. The molecule has 0 bridgehead atoms. The average molecular weight is 299 g/mol. The molecule has 1 aliphatic heterocycles. The largest absolute Gasteiger partial charge is 0.493 e. The molecule has 2 aromatic rings.